The minimum atomic E-state index is -0.204. The molecule has 2 aliphatic rings. The number of anilines is 1. The summed E-state index contributed by atoms with van der Waals surface area (Å²) in [6.45, 7) is 7.00. The fourth-order valence-electron chi connectivity index (χ4n) is 3.68. The number of nitrogens with one attached hydrogen (secondary N) is 2. The van der Waals surface area contributed by atoms with E-state index >= 15 is 0 Å². The van der Waals surface area contributed by atoms with Gasteiger partial charge in [0.2, 0.25) is 5.91 Å². The van der Waals surface area contributed by atoms with E-state index in [0.717, 1.165) is 26.3 Å². The fraction of sp³-hybridized carbons (Fsp3) is 0.600. The molecule has 1 atom stereocenters. The second-order valence-electron chi connectivity index (χ2n) is 7.60. The predicted molar refractivity (Wildman–Crippen MR) is 111 cm³/mol. The van der Waals surface area contributed by atoms with Crippen LogP contribution in [0.4, 0.5) is 10.5 Å². The Morgan fingerprint density at radius 2 is 1.93 bits per heavy atom. The van der Waals surface area contributed by atoms with Gasteiger partial charge in [-0.2, -0.15) is 0 Å². The van der Waals surface area contributed by atoms with Crippen molar-refractivity contribution in [2.75, 3.05) is 51.3 Å². The van der Waals surface area contributed by atoms with Crippen molar-refractivity contribution in [2.24, 2.45) is 5.92 Å². The molecule has 8 nitrogen and oxygen atoms in total. The summed E-state index contributed by atoms with van der Waals surface area (Å²) < 4.78 is 5.36. The topological polar surface area (TPSA) is 94.1 Å². The van der Waals surface area contributed by atoms with Crippen molar-refractivity contribution in [2.45, 2.75) is 25.8 Å². The third-order valence-electron chi connectivity index (χ3n) is 5.59. The maximum absolute atomic E-state index is 12.5. The number of nitrogens with zero attached hydrogens (tertiary/aromatic N) is 2. The molecule has 0 aromatic heterocycles. The van der Waals surface area contributed by atoms with Gasteiger partial charge in [0.1, 0.15) is 5.75 Å². The van der Waals surface area contributed by atoms with Gasteiger partial charge in [-0.05, 0) is 38.0 Å². The highest BCUT2D eigenvalue weighted by molar-refractivity contribution is 6.31. The van der Waals surface area contributed by atoms with Crippen molar-refractivity contribution in [1.82, 2.24) is 15.1 Å². The van der Waals surface area contributed by atoms with Crippen LogP contribution in [0.2, 0.25) is 5.02 Å². The van der Waals surface area contributed by atoms with Gasteiger partial charge in [0.25, 0.3) is 0 Å². The van der Waals surface area contributed by atoms with E-state index in [1.165, 1.54) is 12.1 Å². The van der Waals surface area contributed by atoms with Crippen LogP contribution < -0.4 is 10.6 Å². The molecule has 160 valence electrons. The van der Waals surface area contributed by atoms with E-state index < -0.39 is 0 Å². The van der Waals surface area contributed by atoms with Crippen molar-refractivity contribution in [1.29, 1.82) is 0 Å². The van der Waals surface area contributed by atoms with Crippen molar-refractivity contribution >= 4 is 29.2 Å². The number of carbonyl (C=O) groups is 2. The average molecular weight is 425 g/mol. The number of hydrogen-bond donors (Lipinski definition) is 3. The number of phenolic OH excluding ortho intramolecular Hbond substituents is 1. The number of ether oxygens (including phenoxy) is 1. The molecule has 1 aromatic carbocycles. The van der Waals surface area contributed by atoms with Crippen molar-refractivity contribution in [3.63, 3.8) is 0 Å². The molecule has 29 heavy (non-hydrogen) atoms. The quantitative estimate of drug-likeness (QED) is 0.629. The summed E-state index contributed by atoms with van der Waals surface area (Å²) in [5.74, 6) is -0.387. The molecule has 0 aliphatic carbocycles. The monoisotopic (exact) mass is 424 g/mol. The third kappa shape index (κ3) is 5.98. The first-order chi connectivity index (χ1) is 13.9. The lowest BCUT2D eigenvalue weighted by atomic mass is 9.96. The van der Waals surface area contributed by atoms with Gasteiger partial charge in [-0.25, -0.2) is 4.79 Å². The van der Waals surface area contributed by atoms with Crippen LogP contribution in [-0.2, 0) is 9.53 Å². The van der Waals surface area contributed by atoms with E-state index in [1.54, 1.807) is 11.0 Å². The van der Waals surface area contributed by atoms with E-state index in [0.29, 0.717) is 43.2 Å². The number of halogens is 1. The van der Waals surface area contributed by atoms with Gasteiger partial charge in [-0.15, -0.1) is 0 Å². The number of urea groups is 1. The van der Waals surface area contributed by atoms with Crippen LogP contribution in [0.25, 0.3) is 0 Å². The van der Waals surface area contributed by atoms with E-state index in [-0.39, 0.29) is 29.6 Å². The maximum atomic E-state index is 12.5. The zero-order valence-corrected chi connectivity index (χ0v) is 17.5. The number of phenols is 1. The largest absolute Gasteiger partial charge is 0.506 e. The van der Waals surface area contributed by atoms with Gasteiger partial charge in [0.05, 0.1) is 18.9 Å². The minimum Gasteiger partial charge on any atom is -0.506 e. The minimum absolute atomic E-state index is 0.0195. The molecule has 0 unspecified atom stereocenters. The Balaban J connectivity index is 1.41. The molecule has 1 aromatic rings. The highest BCUT2D eigenvalue weighted by Crippen LogP contribution is 2.28. The summed E-state index contributed by atoms with van der Waals surface area (Å²) in [6, 6.07) is 4.70. The van der Waals surface area contributed by atoms with Crippen molar-refractivity contribution < 1.29 is 19.4 Å². The lowest BCUT2D eigenvalue weighted by molar-refractivity contribution is -0.121. The summed E-state index contributed by atoms with van der Waals surface area (Å²) >= 11 is 5.92. The molecule has 0 saturated carbocycles. The molecule has 2 heterocycles. The molecule has 3 amide bonds. The predicted octanol–water partition coefficient (Wildman–Crippen LogP) is 2.13. The summed E-state index contributed by atoms with van der Waals surface area (Å²) in [5, 5.41) is 16.0. The second kappa shape index (κ2) is 10.1. The smallest absolute Gasteiger partial charge is 0.317 e. The van der Waals surface area contributed by atoms with E-state index in [9.17, 15) is 14.7 Å². The fourth-order valence-corrected chi connectivity index (χ4v) is 3.85. The van der Waals surface area contributed by atoms with E-state index in [1.807, 2.05) is 0 Å². The molecule has 0 spiro atoms. The molecule has 0 radical (unpaired) electrons. The van der Waals surface area contributed by atoms with Crippen molar-refractivity contribution in [3.05, 3.63) is 23.2 Å². The average Bonchev–Trinajstić information content (AvgIpc) is 2.75. The lowest BCUT2D eigenvalue weighted by Gasteiger charge is -2.34. The van der Waals surface area contributed by atoms with Gasteiger partial charge >= 0.3 is 6.03 Å². The van der Waals surface area contributed by atoms with Crippen LogP contribution in [0, 0.1) is 5.92 Å². The number of likely N-dealkylation sites (tertiary alicyclic amines) is 1. The number of hydrogen-bond acceptors (Lipinski definition) is 5. The Morgan fingerprint density at radius 3 is 2.62 bits per heavy atom. The summed E-state index contributed by atoms with van der Waals surface area (Å²) in [4.78, 5) is 29.0. The Morgan fingerprint density at radius 1 is 1.24 bits per heavy atom. The van der Waals surface area contributed by atoms with Crippen LogP contribution in [-0.4, -0.2) is 78.8 Å². The van der Waals surface area contributed by atoms with E-state index in [4.69, 9.17) is 16.3 Å². The molecular formula is C20H29ClN4O4. The number of benzene rings is 1. The zero-order chi connectivity index (χ0) is 20.8. The SMILES string of the molecule is C[C@@H](CNC(=O)N1CCC(C(=O)Nc2cc(Cl)ccc2O)CC1)N1CCOCC1. The van der Waals surface area contributed by atoms with Crippen LogP contribution in [0.15, 0.2) is 18.2 Å². The Kier molecular flexibility index (Phi) is 7.57. The number of morpholine rings is 1. The first kappa shape index (κ1) is 21.7. The zero-order valence-electron chi connectivity index (χ0n) is 16.7. The second-order valence-corrected chi connectivity index (χ2v) is 8.03. The van der Waals surface area contributed by atoms with Crippen LogP contribution in [0.1, 0.15) is 19.8 Å². The van der Waals surface area contributed by atoms with Gasteiger partial charge in [0, 0.05) is 49.7 Å². The van der Waals surface area contributed by atoms with Crippen LogP contribution >= 0.6 is 11.6 Å². The van der Waals surface area contributed by atoms with Gasteiger partial charge in [-0.1, -0.05) is 11.6 Å². The van der Waals surface area contributed by atoms with Gasteiger partial charge < -0.3 is 25.4 Å². The van der Waals surface area contributed by atoms with Crippen LogP contribution in [0.3, 0.4) is 0 Å². The standard InChI is InChI=1S/C20H29ClN4O4/c1-14(24-8-10-29-11-9-24)13-22-20(28)25-6-4-15(5-7-25)19(27)23-17-12-16(21)2-3-18(17)26/h2-3,12,14-15,26H,4-11,13H2,1H3,(H,22,28)(H,23,27)/t14-/m0/s1. The molecule has 3 N–H and O–H groups in total. The Labute approximate surface area is 176 Å². The Bertz CT molecular complexity index is 718. The normalized spacial score (nSPS) is 19.6. The number of carbonyl (C=O) groups excluding carboxylic acids is 2. The van der Waals surface area contributed by atoms with Gasteiger partial charge in [0.15, 0.2) is 0 Å². The number of aromatic hydroxyl groups is 1. The summed E-state index contributed by atoms with van der Waals surface area (Å²) in [7, 11) is 0. The summed E-state index contributed by atoms with van der Waals surface area (Å²) in [5.41, 5.74) is 0.305. The van der Waals surface area contributed by atoms with Crippen molar-refractivity contribution in [3.8, 4) is 5.75 Å². The number of rotatable bonds is 5. The van der Waals surface area contributed by atoms with E-state index in [2.05, 4.69) is 22.5 Å². The molecule has 3 rings (SSSR count). The molecule has 2 fully saturated rings. The number of piperidine rings is 1. The third-order valence-corrected chi connectivity index (χ3v) is 5.82. The molecule has 2 saturated heterocycles. The molecular weight excluding hydrogens is 396 g/mol. The first-order valence-electron chi connectivity index (χ1n) is 10.1. The first-order valence-corrected chi connectivity index (χ1v) is 10.5. The Hall–Kier alpha value is -2.03. The highest BCUT2D eigenvalue weighted by Gasteiger charge is 2.28. The molecule has 2 aliphatic heterocycles. The molecule has 9 heteroatoms. The maximum Gasteiger partial charge on any atom is 0.317 e. The highest BCUT2D eigenvalue weighted by atomic mass is 35.5. The van der Waals surface area contributed by atoms with Gasteiger partial charge in [-0.3, -0.25) is 9.69 Å². The van der Waals surface area contributed by atoms with Crippen LogP contribution in [0.5, 0.6) is 5.75 Å². The lowest BCUT2D eigenvalue weighted by Crippen LogP contribution is -2.51. The molecule has 0 bridgehead atoms. The number of amides is 3. The summed E-state index contributed by atoms with van der Waals surface area (Å²) in [6.07, 6.45) is 1.17.